The highest BCUT2D eigenvalue weighted by Gasteiger charge is 2.19. The highest BCUT2D eigenvalue weighted by atomic mass is 16.4. The molecule has 0 aromatic rings. The molecule has 0 atom stereocenters. The minimum absolute atomic E-state index is 0.0822. The summed E-state index contributed by atoms with van der Waals surface area (Å²) >= 11 is 0. The number of nitrogens with zero attached hydrogens (tertiary/aromatic N) is 1. The zero-order valence-corrected chi connectivity index (χ0v) is 12.2. The molecule has 0 fully saturated rings. The predicted molar refractivity (Wildman–Crippen MR) is 76.1 cm³/mol. The third kappa shape index (κ3) is 8.24. The summed E-state index contributed by atoms with van der Waals surface area (Å²) in [6.07, 6.45) is 3.23. The smallest absolute Gasteiger partial charge is 0.317 e. The topological polar surface area (TPSA) is 69.6 Å². The Labute approximate surface area is 115 Å². The first kappa shape index (κ1) is 17.5. The summed E-state index contributed by atoms with van der Waals surface area (Å²) in [5.74, 6) is -0.778. The van der Waals surface area contributed by atoms with Crippen molar-refractivity contribution in [2.75, 3.05) is 19.6 Å². The van der Waals surface area contributed by atoms with Crippen LogP contribution in [0.25, 0.3) is 0 Å². The van der Waals surface area contributed by atoms with Gasteiger partial charge < -0.3 is 15.3 Å². The van der Waals surface area contributed by atoms with Crippen molar-refractivity contribution in [2.45, 2.75) is 40.0 Å². The molecule has 5 heteroatoms. The normalized spacial score (nSPS) is 10.9. The molecule has 0 saturated heterocycles. The molecular weight excluding hydrogens is 244 g/mol. The van der Waals surface area contributed by atoms with Crippen molar-refractivity contribution in [3.05, 3.63) is 12.7 Å². The zero-order valence-electron chi connectivity index (χ0n) is 12.2. The summed E-state index contributed by atoms with van der Waals surface area (Å²) < 4.78 is 0. The van der Waals surface area contributed by atoms with E-state index in [1.807, 2.05) is 20.8 Å². The molecule has 0 bridgehead atoms. The van der Waals surface area contributed by atoms with Crippen molar-refractivity contribution in [1.29, 1.82) is 0 Å². The molecule has 0 aromatic carbocycles. The minimum Gasteiger partial charge on any atom is -0.481 e. The molecule has 110 valence electrons. The van der Waals surface area contributed by atoms with E-state index in [1.165, 1.54) is 0 Å². The second-order valence-corrected chi connectivity index (χ2v) is 5.37. The van der Waals surface area contributed by atoms with Gasteiger partial charge in [0, 0.05) is 26.1 Å². The summed E-state index contributed by atoms with van der Waals surface area (Å²) in [5.41, 5.74) is -0.0822. The van der Waals surface area contributed by atoms with Gasteiger partial charge in [0.05, 0.1) is 0 Å². The molecule has 0 saturated carbocycles. The molecule has 0 spiro atoms. The summed E-state index contributed by atoms with van der Waals surface area (Å²) in [7, 11) is 0. The maximum atomic E-state index is 11.8. The van der Waals surface area contributed by atoms with Crippen LogP contribution < -0.4 is 5.32 Å². The fourth-order valence-corrected chi connectivity index (χ4v) is 1.70. The highest BCUT2D eigenvalue weighted by Crippen LogP contribution is 2.25. The van der Waals surface area contributed by atoms with E-state index in [2.05, 4.69) is 11.9 Å². The first-order chi connectivity index (χ1) is 8.82. The summed E-state index contributed by atoms with van der Waals surface area (Å²) in [4.78, 5) is 24.0. The molecule has 0 aromatic heterocycles. The standard InChI is InChI=1S/C14H26N2O3/c1-5-11-16(6-2)13(19)15-10-9-14(3,4)8-7-12(17)18/h5H,1,6-11H2,2-4H3,(H,15,19)(H,17,18). The molecule has 0 radical (unpaired) electrons. The van der Waals surface area contributed by atoms with E-state index in [9.17, 15) is 9.59 Å². The molecule has 5 nitrogen and oxygen atoms in total. The van der Waals surface area contributed by atoms with Crippen LogP contribution in [0.2, 0.25) is 0 Å². The third-order valence-corrected chi connectivity index (χ3v) is 3.11. The number of urea groups is 1. The monoisotopic (exact) mass is 270 g/mol. The van der Waals surface area contributed by atoms with Crippen LogP contribution in [0.3, 0.4) is 0 Å². The molecule has 0 rings (SSSR count). The largest absolute Gasteiger partial charge is 0.481 e. The maximum absolute atomic E-state index is 11.8. The Morgan fingerprint density at radius 1 is 1.37 bits per heavy atom. The number of nitrogens with one attached hydrogen (secondary N) is 1. The van der Waals surface area contributed by atoms with Gasteiger partial charge in [0.2, 0.25) is 0 Å². The minimum atomic E-state index is -0.778. The number of hydrogen-bond acceptors (Lipinski definition) is 2. The van der Waals surface area contributed by atoms with Crippen LogP contribution in [0.4, 0.5) is 4.79 Å². The number of carbonyl (C=O) groups is 2. The Bertz CT molecular complexity index is 314. The van der Waals surface area contributed by atoms with Crippen molar-refractivity contribution in [1.82, 2.24) is 10.2 Å². The Kier molecular flexibility index (Phi) is 7.87. The zero-order chi connectivity index (χ0) is 14.9. The van der Waals surface area contributed by atoms with Gasteiger partial charge in [-0.3, -0.25) is 4.79 Å². The lowest BCUT2D eigenvalue weighted by Crippen LogP contribution is -2.41. The fourth-order valence-electron chi connectivity index (χ4n) is 1.70. The van der Waals surface area contributed by atoms with E-state index < -0.39 is 5.97 Å². The van der Waals surface area contributed by atoms with E-state index in [4.69, 9.17) is 5.11 Å². The molecule has 0 heterocycles. The number of carboxylic acids is 1. The van der Waals surface area contributed by atoms with Gasteiger partial charge in [-0.05, 0) is 25.2 Å². The molecule has 0 aliphatic rings. The lowest BCUT2D eigenvalue weighted by atomic mass is 9.84. The highest BCUT2D eigenvalue weighted by molar-refractivity contribution is 5.74. The van der Waals surface area contributed by atoms with Crippen molar-refractivity contribution in [3.63, 3.8) is 0 Å². The predicted octanol–water partition coefficient (Wildman–Crippen LogP) is 2.49. The first-order valence-electron chi connectivity index (χ1n) is 6.68. The fraction of sp³-hybridized carbons (Fsp3) is 0.714. The molecule has 0 unspecified atom stereocenters. The van der Waals surface area contributed by atoms with Crippen LogP contribution in [0.5, 0.6) is 0 Å². The number of carbonyl (C=O) groups excluding carboxylic acids is 1. The number of amides is 2. The molecule has 0 aliphatic heterocycles. The van der Waals surface area contributed by atoms with Crippen LogP contribution in [0.1, 0.15) is 40.0 Å². The molecule has 2 N–H and O–H groups in total. The SMILES string of the molecule is C=CCN(CC)C(=O)NCCC(C)(C)CCC(=O)O. The average molecular weight is 270 g/mol. The van der Waals surface area contributed by atoms with Gasteiger partial charge >= 0.3 is 12.0 Å². The summed E-state index contributed by atoms with van der Waals surface area (Å²) in [6, 6.07) is -0.101. The number of likely N-dealkylation sites (N-methyl/N-ethyl adjacent to an activating group) is 1. The van der Waals surface area contributed by atoms with Crippen molar-refractivity contribution < 1.29 is 14.7 Å². The summed E-state index contributed by atoms with van der Waals surface area (Å²) in [6.45, 7) is 11.3. The van der Waals surface area contributed by atoms with Gasteiger partial charge in [-0.15, -0.1) is 6.58 Å². The summed E-state index contributed by atoms with van der Waals surface area (Å²) in [5, 5.41) is 11.5. The third-order valence-electron chi connectivity index (χ3n) is 3.11. The molecule has 0 aliphatic carbocycles. The van der Waals surface area contributed by atoms with Crippen LogP contribution in [0, 0.1) is 5.41 Å². The van der Waals surface area contributed by atoms with Gasteiger partial charge in [0.25, 0.3) is 0 Å². The van der Waals surface area contributed by atoms with Crippen molar-refractivity contribution in [2.24, 2.45) is 5.41 Å². The second kappa shape index (κ2) is 8.56. The van der Waals surface area contributed by atoms with E-state index >= 15 is 0 Å². The van der Waals surface area contributed by atoms with Gasteiger partial charge in [0.15, 0.2) is 0 Å². The quantitative estimate of drug-likeness (QED) is 0.632. The average Bonchev–Trinajstić information content (AvgIpc) is 2.33. The Morgan fingerprint density at radius 2 is 2.00 bits per heavy atom. The molecule has 2 amide bonds. The van der Waals surface area contributed by atoms with Crippen LogP contribution in [-0.2, 0) is 4.79 Å². The van der Waals surface area contributed by atoms with Gasteiger partial charge in [-0.25, -0.2) is 4.79 Å². The van der Waals surface area contributed by atoms with E-state index in [-0.39, 0.29) is 17.9 Å². The number of hydrogen-bond donors (Lipinski definition) is 2. The number of carboxylic acid groups (broad SMARTS) is 1. The number of rotatable bonds is 9. The van der Waals surface area contributed by atoms with Crippen molar-refractivity contribution in [3.8, 4) is 0 Å². The van der Waals surface area contributed by atoms with E-state index in [0.717, 1.165) is 6.42 Å². The second-order valence-electron chi connectivity index (χ2n) is 5.37. The van der Waals surface area contributed by atoms with E-state index in [1.54, 1.807) is 11.0 Å². The first-order valence-corrected chi connectivity index (χ1v) is 6.68. The molecule has 19 heavy (non-hydrogen) atoms. The number of aliphatic carboxylic acids is 1. The Hall–Kier alpha value is -1.52. The Morgan fingerprint density at radius 3 is 2.47 bits per heavy atom. The van der Waals surface area contributed by atoms with Gasteiger partial charge in [-0.2, -0.15) is 0 Å². The van der Waals surface area contributed by atoms with Crippen LogP contribution >= 0.6 is 0 Å². The van der Waals surface area contributed by atoms with Crippen LogP contribution in [-0.4, -0.2) is 41.6 Å². The van der Waals surface area contributed by atoms with Crippen molar-refractivity contribution >= 4 is 12.0 Å². The lowest BCUT2D eigenvalue weighted by Gasteiger charge is -2.25. The van der Waals surface area contributed by atoms with Crippen LogP contribution in [0.15, 0.2) is 12.7 Å². The lowest BCUT2D eigenvalue weighted by molar-refractivity contribution is -0.137. The maximum Gasteiger partial charge on any atom is 0.317 e. The van der Waals surface area contributed by atoms with Gasteiger partial charge in [-0.1, -0.05) is 19.9 Å². The van der Waals surface area contributed by atoms with E-state index in [0.29, 0.717) is 26.1 Å². The Balaban J connectivity index is 4.02. The molecular formula is C14H26N2O3. The van der Waals surface area contributed by atoms with Gasteiger partial charge in [0.1, 0.15) is 0 Å².